The summed E-state index contributed by atoms with van der Waals surface area (Å²) in [4.78, 5) is 2.72. The zero-order valence-corrected chi connectivity index (χ0v) is 14.5. The fourth-order valence-electron chi connectivity index (χ4n) is 4.88. The van der Waals surface area contributed by atoms with Crippen LogP contribution in [0.4, 0.5) is 0 Å². The Bertz CT molecular complexity index is 517. The highest BCUT2D eigenvalue weighted by atomic mass is 15.3. The van der Waals surface area contributed by atoms with Gasteiger partial charge in [-0.1, -0.05) is 19.8 Å². The summed E-state index contributed by atoms with van der Waals surface area (Å²) in [5.74, 6) is 4.90. The summed E-state index contributed by atoms with van der Waals surface area (Å²) in [7, 11) is 0. The maximum atomic E-state index is 4.53. The number of likely N-dealkylation sites (tertiary alicyclic amines) is 1. The molecule has 128 valence electrons. The average Bonchev–Trinajstić information content (AvgIpc) is 3.00. The molecule has 4 rings (SSSR count). The number of hydrogen-bond acceptors (Lipinski definition) is 4. The van der Waals surface area contributed by atoms with Gasteiger partial charge >= 0.3 is 0 Å². The van der Waals surface area contributed by atoms with Gasteiger partial charge in [0.05, 0.1) is 6.54 Å². The highest BCUT2D eigenvalue weighted by Gasteiger charge is 2.28. The van der Waals surface area contributed by atoms with Crippen molar-refractivity contribution in [1.29, 1.82) is 0 Å². The highest BCUT2D eigenvalue weighted by Crippen LogP contribution is 2.32. The Labute approximate surface area is 139 Å². The number of aromatic nitrogens is 3. The predicted molar refractivity (Wildman–Crippen MR) is 91.3 cm³/mol. The maximum absolute atomic E-state index is 4.53. The average molecular weight is 317 g/mol. The second-order valence-electron chi connectivity index (χ2n) is 8.02. The van der Waals surface area contributed by atoms with Crippen LogP contribution in [0.3, 0.4) is 0 Å². The van der Waals surface area contributed by atoms with Crippen molar-refractivity contribution < 1.29 is 0 Å². The fraction of sp³-hybridized carbons (Fsp3) is 0.889. The minimum absolute atomic E-state index is 0.621. The van der Waals surface area contributed by atoms with Crippen LogP contribution in [-0.2, 0) is 13.1 Å². The lowest BCUT2D eigenvalue weighted by atomic mass is 9.82. The van der Waals surface area contributed by atoms with E-state index in [0.717, 1.165) is 37.3 Å². The summed E-state index contributed by atoms with van der Waals surface area (Å²) in [5.41, 5.74) is 0. The summed E-state index contributed by atoms with van der Waals surface area (Å²) in [6.45, 7) is 9.23. The Hall–Kier alpha value is -0.940. The first-order chi connectivity index (χ1) is 11.3. The van der Waals surface area contributed by atoms with Gasteiger partial charge < -0.3 is 14.8 Å². The van der Waals surface area contributed by atoms with Crippen LogP contribution in [0.25, 0.3) is 0 Å². The van der Waals surface area contributed by atoms with E-state index in [9.17, 15) is 0 Å². The molecule has 3 aliphatic rings. The third-order valence-electron chi connectivity index (χ3n) is 6.17. The van der Waals surface area contributed by atoms with E-state index < -0.39 is 0 Å². The van der Waals surface area contributed by atoms with Crippen LogP contribution in [-0.4, -0.2) is 45.8 Å². The van der Waals surface area contributed by atoms with Crippen LogP contribution in [0.2, 0.25) is 0 Å². The smallest absolute Gasteiger partial charge is 0.147 e. The number of nitrogens with one attached hydrogen (secondary N) is 1. The first kappa shape index (κ1) is 15.6. The maximum Gasteiger partial charge on any atom is 0.147 e. The minimum Gasteiger partial charge on any atom is -0.312 e. The molecule has 2 fully saturated rings. The molecule has 1 aliphatic carbocycles. The Balaban J connectivity index is 1.31. The largest absolute Gasteiger partial charge is 0.312 e. The number of hydrogen-bond donors (Lipinski definition) is 1. The van der Waals surface area contributed by atoms with Gasteiger partial charge in [-0.25, -0.2) is 0 Å². The van der Waals surface area contributed by atoms with Crippen molar-refractivity contribution >= 4 is 0 Å². The Morgan fingerprint density at radius 2 is 1.96 bits per heavy atom. The Kier molecular flexibility index (Phi) is 4.67. The van der Waals surface area contributed by atoms with Gasteiger partial charge in [-0.2, -0.15) is 0 Å². The SMILES string of the molecule is CC1CCCC(CN2CCC(c3nnc4n3CCNC4)CC2)C1. The van der Waals surface area contributed by atoms with Gasteiger partial charge in [-0.15, -0.1) is 10.2 Å². The lowest BCUT2D eigenvalue weighted by Gasteiger charge is -2.36. The van der Waals surface area contributed by atoms with E-state index in [-0.39, 0.29) is 0 Å². The fourth-order valence-corrected chi connectivity index (χ4v) is 4.88. The standard InChI is InChI=1S/C18H31N5/c1-14-3-2-4-15(11-14)13-22-8-5-16(6-9-22)18-21-20-17-12-19-7-10-23(17)18/h14-16,19H,2-13H2,1H3. The second kappa shape index (κ2) is 6.89. The molecule has 1 saturated heterocycles. The van der Waals surface area contributed by atoms with Gasteiger partial charge in [-0.3, -0.25) is 0 Å². The molecule has 0 radical (unpaired) electrons. The molecular formula is C18H31N5. The van der Waals surface area contributed by atoms with Crippen LogP contribution in [0, 0.1) is 11.8 Å². The predicted octanol–water partition coefficient (Wildman–Crippen LogP) is 2.39. The van der Waals surface area contributed by atoms with E-state index in [1.165, 1.54) is 64.0 Å². The van der Waals surface area contributed by atoms with Gasteiger partial charge in [0.15, 0.2) is 0 Å². The van der Waals surface area contributed by atoms with Gasteiger partial charge in [0.2, 0.25) is 0 Å². The molecule has 5 nitrogen and oxygen atoms in total. The van der Waals surface area contributed by atoms with Gasteiger partial charge in [0, 0.05) is 25.6 Å². The van der Waals surface area contributed by atoms with Crippen LogP contribution in [0.5, 0.6) is 0 Å². The highest BCUT2D eigenvalue weighted by molar-refractivity contribution is 5.05. The molecule has 23 heavy (non-hydrogen) atoms. The monoisotopic (exact) mass is 317 g/mol. The number of piperidine rings is 1. The van der Waals surface area contributed by atoms with Crippen molar-refractivity contribution in [2.75, 3.05) is 26.2 Å². The van der Waals surface area contributed by atoms with Crippen LogP contribution in [0.15, 0.2) is 0 Å². The Morgan fingerprint density at radius 3 is 2.78 bits per heavy atom. The van der Waals surface area contributed by atoms with Crippen LogP contribution >= 0.6 is 0 Å². The van der Waals surface area contributed by atoms with Crippen molar-refractivity contribution in [3.8, 4) is 0 Å². The molecule has 0 aromatic carbocycles. The van der Waals surface area contributed by atoms with Crippen LogP contribution < -0.4 is 5.32 Å². The van der Waals surface area contributed by atoms with E-state index >= 15 is 0 Å². The minimum atomic E-state index is 0.621. The quantitative estimate of drug-likeness (QED) is 0.930. The van der Waals surface area contributed by atoms with Crippen molar-refractivity contribution in [3.05, 3.63) is 11.6 Å². The second-order valence-corrected chi connectivity index (χ2v) is 8.02. The number of nitrogens with zero attached hydrogens (tertiary/aromatic N) is 4. The zero-order valence-electron chi connectivity index (χ0n) is 14.5. The third-order valence-corrected chi connectivity index (χ3v) is 6.17. The summed E-state index contributed by atoms with van der Waals surface area (Å²) in [5, 5.41) is 12.3. The molecule has 1 aromatic rings. The van der Waals surface area contributed by atoms with Gasteiger partial charge in [0.25, 0.3) is 0 Å². The zero-order chi connectivity index (χ0) is 15.6. The molecule has 5 heteroatoms. The molecule has 1 aromatic heterocycles. The molecule has 0 bridgehead atoms. The number of rotatable bonds is 3. The van der Waals surface area contributed by atoms with Crippen molar-refractivity contribution in [2.45, 2.75) is 64.5 Å². The summed E-state index contributed by atoms with van der Waals surface area (Å²) < 4.78 is 2.37. The topological polar surface area (TPSA) is 46.0 Å². The van der Waals surface area contributed by atoms with Gasteiger partial charge in [-0.05, 0) is 50.6 Å². The summed E-state index contributed by atoms with van der Waals surface area (Å²) >= 11 is 0. The van der Waals surface area contributed by atoms with E-state index in [1.54, 1.807) is 0 Å². The van der Waals surface area contributed by atoms with E-state index in [1.807, 2.05) is 0 Å². The lowest BCUT2D eigenvalue weighted by Crippen LogP contribution is -2.38. The summed E-state index contributed by atoms with van der Waals surface area (Å²) in [6, 6.07) is 0. The number of fused-ring (bicyclic) bond motifs is 1. The van der Waals surface area contributed by atoms with Gasteiger partial charge in [0.1, 0.15) is 11.6 Å². The Morgan fingerprint density at radius 1 is 1.09 bits per heavy atom. The van der Waals surface area contributed by atoms with Crippen LogP contribution in [0.1, 0.15) is 63.0 Å². The van der Waals surface area contributed by atoms with Crippen molar-refractivity contribution in [2.24, 2.45) is 11.8 Å². The lowest BCUT2D eigenvalue weighted by molar-refractivity contribution is 0.148. The van der Waals surface area contributed by atoms with Crippen molar-refractivity contribution in [3.63, 3.8) is 0 Å². The van der Waals surface area contributed by atoms with E-state index in [4.69, 9.17) is 0 Å². The molecule has 0 spiro atoms. The molecule has 0 amide bonds. The first-order valence-electron chi connectivity index (χ1n) is 9.64. The molecular weight excluding hydrogens is 286 g/mol. The molecule has 3 heterocycles. The van der Waals surface area contributed by atoms with Crippen molar-refractivity contribution in [1.82, 2.24) is 25.0 Å². The molecule has 1 N–H and O–H groups in total. The third kappa shape index (κ3) is 3.45. The normalized spacial score (nSPS) is 30.3. The first-order valence-corrected chi connectivity index (χ1v) is 9.64. The summed E-state index contributed by atoms with van der Waals surface area (Å²) in [6.07, 6.45) is 8.31. The molecule has 2 aliphatic heterocycles. The molecule has 2 atom stereocenters. The molecule has 2 unspecified atom stereocenters. The molecule has 1 saturated carbocycles. The van der Waals surface area contributed by atoms with E-state index in [2.05, 4.69) is 31.9 Å². The van der Waals surface area contributed by atoms with E-state index in [0.29, 0.717) is 5.92 Å².